The quantitative estimate of drug-likeness (QED) is 0.911. The van der Waals surface area contributed by atoms with Gasteiger partial charge in [0, 0.05) is 24.4 Å². The molecular weight excluding hydrogens is 294 g/mol. The number of nitrogens with one attached hydrogen (secondary N) is 1. The van der Waals surface area contributed by atoms with Crippen molar-refractivity contribution >= 4 is 27.5 Å². The van der Waals surface area contributed by atoms with Crippen molar-refractivity contribution in [3.8, 4) is 0 Å². The van der Waals surface area contributed by atoms with Gasteiger partial charge in [-0.05, 0) is 38.3 Å². The predicted molar refractivity (Wildman–Crippen MR) is 90.9 cm³/mol. The first-order valence-corrected chi connectivity index (χ1v) is 8.84. The van der Waals surface area contributed by atoms with Crippen LogP contribution in [0.5, 0.6) is 0 Å². The lowest BCUT2D eigenvalue weighted by Gasteiger charge is -2.26. The zero-order valence-electron chi connectivity index (χ0n) is 12.9. The summed E-state index contributed by atoms with van der Waals surface area (Å²) in [6, 6.07) is 8.44. The molecule has 1 aliphatic rings. The molecule has 1 heterocycles. The Balaban J connectivity index is 1.57. The second-order valence-corrected chi connectivity index (χ2v) is 7.43. The van der Waals surface area contributed by atoms with Gasteiger partial charge in [0.1, 0.15) is 0 Å². The van der Waals surface area contributed by atoms with Gasteiger partial charge in [0.05, 0.1) is 15.2 Å². The third-order valence-electron chi connectivity index (χ3n) is 4.29. The Morgan fingerprint density at radius 1 is 1.45 bits per heavy atom. The van der Waals surface area contributed by atoms with Gasteiger partial charge in [0.2, 0.25) is 5.91 Å². The van der Waals surface area contributed by atoms with Crippen LogP contribution in [0.25, 0.3) is 10.2 Å². The molecule has 0 bridgehead atoms. The highest BCUT2D eigenvalue weighted by molar-refractivity contribution is 7.18. The van der Waals surface area contributed by atoms with E-state index in [0.717, 1.165) is 42.6 Å². The number of para-hydroxylation sites is 1. The predicted octanol–water partition coefficient (Wildman–Crippen LogP) is 2.86. The minimum absolute atomic E-state index is 0.0848. The first kappa shape index (κ1) is 15.4. The molecule has 3 unspecified atom stereocenters. The van der Waals surface area contributed by atoms with Crippen LogP contribution in [0.15, 0.2) is 24.3 Å². The second-order valence-electron chi connectivity index (χ2n) is 6.31. The first-order chi connectivity index (χ1) is 10.6. The van der Waals surface area contributed by atoms with E-state index in [-0.39, 0.29) is 23.9 Å². The lowest BCUT2D eigenvalue weighted by atomic mass is 9.85. The number of aromatic nitrogens is 1. The number of carbonyl (C=O) groups excluding carboxylic acids is 1. The molecule has 0 spiro atoms. The molecule has 3 atom stereocenters. The Morgan fingerprint density at radius 2 is 2.27 bits per heavy atom. The van der Waals surface area contributed by atoms with Gasteiger partial charge >= 0.3 is 0 Å². The number of carbonyl (C=O) groups is 1. The minimum Gasteiger partial charge on any atom is -0.353 e. The number of benzene rings is 1. The highest BCUT2D eigenvalue weighted by Gasteiger charge is 2.26. The van der Waals surface area contributed by atoms with Gasteiger partial charge in [0.25, 0.3) is 0 Å². The van der Waals surface area contributed by atoms with Crippen LogP contribution in [0.3, 0.4) is 0 Å². The van der Waals surface area contributed by atoms with Crippen molar-refractivity contribution < 1.29 is 4.79 Å². The van der Waals surface area contributed by atoms with E-state index in [9.17, 15) is 4.79 Å². The third-order valence-corrected chi connectivity index (χ3v) is 5.35. The monoisotopic (exact) mass is 317 g/mol. The van der Waals surface area contributed by atoms with Crippen LogP contribution in [-0.2, 0) is 11.2 Å². The van der Waals surface area contributed by atoms with Crippen LogP contribution in [0.4, 0.5) is 0 Å². The average molecular weight is 317 g/mol. The minimum atomic E-state index is 0.0848. The molecule has 2 aromatic rings. The molecule has 1 amide bonds. The zero-order chi connectivity index (χ0) is 15.5. The summed E-state index contributed by atoms with van der Waals surface area (Å²) in [5.74, 6) is 0.241. The van der Waals surface area contributed by atoms with Crippen LogP contribution in [0.1, 0.15) is 37.6 Å². The molecule has 1 aromatic carbocycles. The number of nitrogens with zero attached hydrogens (tertiary/aromatic N) is 1. The molecule has 0 saturated heterocycles. The SMILES string of the molecule is CC(Cc1nc2ccccc2s1)NC(=O)C1CCCC(N)C1. The van der Waals surface area contributed by atoms with Gasteiger partial charge in [-0.3, -0.25) is 4.79 Å². The summed E-state index contributed by atoms with van der Waals surface area (Å²) in [4.78, 5) is 17.0. The normalized spacial score (nSPS) is 23.4. The Hall–Kier alpha value is -1.46. The molecule has 0 radical (unpaired) electrons. The third kappa shape index (κ3) is 3.65. The van der Waals surface area contributed by atoms with Crippen molar-refractivity contribution in [2.45, 2.75) is 51.1 Å². The van der Waals surface area contributed by atoms with E-state index in [1.165, 1.54) is 4.70 Å². The summed E-state index contributed by atoms with van der Waals surface area (Å²) < 4.78 is 1.20. The van der Waals surface area contributed by atoms with Crippen molar-refractivity contribution in [2.75, 3.05) is 0 Å². The van der Waals surface area contributed by atoms with Crippen molar-refractivity contribution in [2.24, 2.45) is 11.7 Å². The topological polar surface area (TPSA) is 68.0 Å². The lowest BCUT2D eigenvalue weighted by molar-refractivity contribution is -0.126. The van der Waals surface area contributed by atoms with E-state index < -0.39 is 0 Å². The molecule has 118 valence electrons. The standard InChI is InChI=1S/C17H23N3OS/c1-11(19-17(21)12-5-4-6-13(18)10-12)9-16-20-14-7-2-3-8-15(14)22-16/h2-3,7-8,11-13H,4-6,9-10,18H2,1H3,(H,19,21). The van der Waals surface area contributed by atoms with Crippen LogP contribution in [-0.4, -0.2) is 23.0 Å². The van der Waals surface area contributed by atoms with Crippen molar-refractivity contribution in [3.05, 3.63) is 29.3 Å². The van der Waals surface area contributed by atoms with Crippen molar-refractivity contribution in [3.63, 3.8) is 0 Å². The summed E-state index contributed by atoms with van der Waals surface area (Å²) in [6.07, 6.45) is 4.67. The number of amides is 1. The van der Waals surface area contributed by atoms with E-state index >= 15 is 0 Å². The Bertz CT molecular complexity index is 621. The molecular formula is C17H23N3OS. The first-order valence-electron chi connectivity index (χ1n) is 8.02. The molecule has 0 aliphatic heterocycles. The van der Waals surface area contributed by atoms with Gasteiger partial charge in [-0.25, -0.2) is 4.98 Å². The van der Waals surface area contributed by atoms with E-state index in [4.69, 9.17) is 5.73 Å². The van der Waals surface area contributed by atoms with E-state index in [1.807, 2.05) is 25.1 Å². The molecule has 3 N–H and O–H groups in total. The molecule has 5 heteroatoms. The fraction of sp³-hybridized carbons (Fsp3) is 0.529. The summed E-state index contributed by atoms with van der Waals surface area (Å²) >= 11 is 1.71. The average Bonchev–Trinajstić information content (AvgIpc) is 2.89. The van der Waals surface area contributed by atoms with Crippen molar-refractivity contribution in [1.82, 2.24) is 10.3 Å². The Labute approximate surface area is 135 Å². The van der Waals surface area contributed by atoms with Gasteiger partial charge in [0.15, 0.2) is 0 Å². The molecule has 3 rings (SSSR count). The number of hydrogen-bond acceptors (Lipinski definition) is 4. The largest absolute Gasteiger partial charge is 0.353 e. The Kier molecular flexibility index (Phi) is 4.74. The molecule has 1 saturated carbocycles. The van der Waals surface area contributed by atoms with Gasteiger partial charge in [-0.2, -0.15) is 0 Å². The maximum atomic E-state index is 12.3. The number of thiazole rings is 1. The molecule has 1 aromatic heterocycles. The van der Waals surface area contributed by atoms with E-state index in [0.29, 0.717) is 0 Å². The molecule has 1 aliphatic carbocycles. The summed E-state index contributed by atoms with van der Waals surface area (Å²) in [6.45, 7) is 2.05. The smallest absolute Gasteiger partial charge is 0.223 e. The number of fused-ring (bicyclic) bond motifs is 1. The van der Waals surface area contributed by atoms with Crippen LogP contribution >= 0.6 is 11.3 Å². The van der Waals surface area contributed by atoms with Crippen LogP contribution in [0, 0.1) is 5.92 Å². The molecule has 22 heavy (non-hydrogen) atoms. The van der Waals surface area contributed by atoms with Crippen molar-refractivity contribution in [1.29, 1.82) is 0 Å². The maximum absolute atomic E-state index is 12.3. The fourth-order valence-electron chi connectivity index (χ4n) is 3.15. The number of nitrogens with two attached hydrogens (primary N) is 1. The second kappa shape index (κ2) is 6.75. The van der Waals surface area contributed by atoms with Crippen LogP contribution in [0.2, 0.25) is 0 Å². The summed E-state index contributed by atoms with van der Waals surface area (Å²) in [5.41, 5.74) is 7.01. The number of hydrogen-bond donors (Lipinski definition) is 2. The van der Waals surface area contributed by atoms with Gasteiger partial charge in [-0.15, -0.1) is 11.3 Å². The van der Waals surface area contributed by atoms with Gasteiger partial charge < -0.3 is 11.1 Å². The zero-order valence-corrected chi connectivity index (χ0v) is 13.7. The Morgan fingerprint density at radius 3 is 3.05 bits per heavy atom. The fourth-order valence-corrected chi connectivity index (χ4v) is 4.24. The maximum Gasteiger partial charge on any atom is 0.223 e. The molecule has 4 nitrogen and oxygen atoms in total. The summed E-state index contributed by atoms with van der Waals surface area (Å²) in [5, 5.41) is 4.21. The van der Waals surface area contributed by atoms with Crippen LogP contribution < -0.4 is 11.1 Å². The highest BCUT2D eigenvalue weighted by atomic mass is 32.1. The molecule has 1 fully saturated rings. The highest BCUT2D eigenvalue weighted by Crippen LogP contribution is 2.24. The lowest BCUT2D eigenvalue weighted by Crippen LogP contribution is -2.42. The summed E-state index contributed by atoms with van der Waals surface area (Å²) in [7, 11) is 0. The van der Waals surface area contributed by atoms with Gasteiger partial charge in [-0.1, -0.05) is 18.6 Å². The number of rotatable bonds is 4. The van der Waals surface area contributed by atoms with E-state index in [2.05, 4.69) is 16.4 Å². The van der Waals surface area contributed by atoms with E-state index in [1.54, 1.807) is 11.3 Å².